The average Bonchev–Trinajstić information content (AvgIpc) is 2.93. The fourth-order valence-corrected chi connectivity index (χ4v) is 2.75. The summed E-state index contributed by atoms with van der Waals surface area (Å²) < 4.78 is 25.5. The molecule has 1 aromatic carbocycles. The molecule has 112 valence electrons. The normalized spacial score (nSPS) is 14.2. The van der Waals surface area contributed by atoms with Crippen LogP contribution in [0.3, 0.4) is 0 Å². The van der Waals surface area contributed by atoms with Crippen molar-refractivity contribution in [2.45, 2.75) is 19.6 Å². The maximum Gasteiger partial charge on any atom is 0.258 e. The first kappa shape index (κ1) is 13.2. The number of hydrogen-bond acceptors (Lipinski definition) is 4. The molecule has 0 radical (unpaired) electrons. The highest BCUT2D eigenvalue weighted by atomic mass is 19.1. The van der Waals surface area contributed by atoms with E-state index in [4.69, 9.17) is 9.26 Å². The van der Waals surface area contributed by atoms with E-state index in [9.17, 15) is 9.18 Å². The minimum Gasteiger partial charge on any atom is -0.376 e. The van der Waals surface area contributed by atoms with Gasteiger partial charge in [-0.3, -0.25) is 4.79 Å². The lowest BCUT2D eigenvalue weighted by Crippen LogP contribution is -2.21. The summed E-state index contributed by atoms with van der Waals surface area (Å²) in [5.74, 6) is 0.476. The Morgan fingerprint density at radius 1 is 1.32 bits per heavy atom. The second-order valence-electron chi connectivity index (χ2n) is 5.31. The molecule has 0 bridgehead atoms. The highest BCUT2D eigenvalue weighted by molar-refractivity contribution is 5.81. The molecule has 6 heteroatoms. The molecule has 0 atom stereocenters. The number of aromatic nitrogens is 2. The van der Waals surface area contributed by atoms with Crippen molar-refractivity contribution < 1.29 is 13.7 Å². The van der Waals surface area contributed by atoms with Crippen LogP contribution >= 0.6 is 0 Å². The van der Waals surface area contributed by atoms with Gasteiger partial charge in [0, 0.05) is 23.6 Å². The van der Waals surface area contributed by atoms with E-state index in [-0.39, 0.29) is 11.4 Å². The third-order valence-corrected chi connectivity index (χ3v) is 3.93. The number of ether oxygens (including phenoxy) is 1. The van der Waals surface area contributed by atoms with Crippen LogP contribution in [0, 0.1) is 5.82 Å². The fourth-order valence-electron chi connectivity index (χ4n) is 2.75. The van der Waals surface area contributed by atoms with Gasteiger partial charge in [0.1, 0.15) is 17.3 Å². The lowest BCUT2D eigenvalue weighted by Gasteiger charge is -2.11. The third-order valence-electron chi connectivity index (χ3n) is 3.93. The lowest BCUT2D eigenvalue weighted by molar-refractivity contribution is 0.102. The first-order valence-electron chi connectivity index (χ1n) is 7.05. The van der Waals surface area contributed by atoms with Gasteiger partial charge in [-0.05, 0) is 29.7 Å². The molecule has 5 nitrogen and oxygen atoms in total. The summed E-state index contributed by atoms with van der Waals surface area (Å²) in [6, 6.07) is 5.88. The minimum atomic E-state index is -0.354. The van der Waals surface area contributed by atoms with Gasteiger partial charge in [-0.15, -0.1) is 0 Å². The van der Waals surface area contributed by atoms with E-state index in [2.05, 4.69) is 5.16 Å². The van der Waals surface area contributed by atoms with Crippen molar-refractivity contribution in [3.8, 4) is 0 Å². The van der Waals surface area contributed by atoms with E-state index in [1.165, 1.54) is 18.2 Å². The van der Waals surface area contributed by atoms with Crippen LogP contribution in [-0.2, 0) is 24.3 Å². The van der Waals surface area contributed by atoms with Gasteiger partial charge in [-0.25, -0.2) is 4.39 Å². The largest absolute Gasteiger partial charge is 0.376 e. The molecule has 3 heterocycles. The summed E-state index contributed by atoms with van der Waals surface area (Å²) in [6.07, 6.45) is 2.35. The molecule has 0 N–H and O–H groups in total. The van der Waals surface area contributed by atoms with Crippen LogP contribution in [0.15, 0.2) is 39.8 Å². The Bertz CT molecular complexity index is 913. The third kappa shape index (κ3) is 2.12. The summed E-state index contributed by atoms with van der Waals surface area (Å²) in [7, 11) is 0. The number of rotatable bonds is 2. The molecule has 22 heavy (non-hydrogen) atoms. The number of fused-ring (bicyclic) bond motifs is 2. The second kappa shape index (κ2) is 5.06. The lowest BCUT2D eigenvalue weighted by atomic mass is 10.1. The van der Waals surface area contributed by atoms with Gasteiger partial charge >= 0.3 is 0 Å². The summed E-state index contributed by atoms with van der Waals surface area (Å²) in [5, 5.41) is 5.13. The SMILES string of the molecule is O=c1c2ccc(F)cc2ccn1Cc1noc2c1COCC2. The molecule has 1 aliphatic heterocycles. The van der Waals surface area contributed by atoms with E-state index in [1.807, 2.05) is 0 Å². The molecule has 0 amide bonds. The van der Waals surface area contributed by atoms with E-state index < -0.39 is 0 Å². The molecule has 4 rings (SSSR count). The van der Waals surface area contributed by atoms with Gasteiger partial charge in [0.2, 0.25) is 0 Å². The van der Waals surface area contributed by atoms with E-state index in [0.717, 1.165) is 11.3 Å². The Morgan fingerprint density at radius 2 is 2.23 bits per heavy atom. The molecule has 0 saturated carbocycles. The Hall–Kier alpha value is -2.47. The van der Waals surface area contributed by atoms with Gasteiger partial charge in [0.15, 0.2) is 0 Å². The zero-order chi connectivity index (χ0) is 15.1. The fraction of sp³-hybridized carbons (Fsp3) is 0.250. The summed E-state index contributed by atoms with van der Waals surface area (Å²) in [5.41, 5.74) is 1.46. The summed E-state index contributed by atoms with van der Waals surface area (Å²) in [6.45, 7) is 1.40. The van der Waals surface area contributed by atoms with Crippen LogP contribution < -0.4 is 5.56 Å². The van der Waals surface area contributed by atoms with Crippen molar-refractivity contribution in [1.29, 1.82) is 0 Å². The maximum absolute atomic E-state index is 13.2. The molecule has 1 aliphatic rings. The van der Waals surface area contributed by atoms with Gasteiger partial charge in [0.05, 0.1) is 19.8 Å². The molecular formula is C16H13FN2O3. The van der Waals surface area contributed by atoms with Gasteiger partial charge < -0.3 is 13.8 Å². The predicted molar refractivity (Wildman–Crippen MR) is 77.1 cm³/mol. The Balaban J connectivity index is 1.76. The predicted octanol–water partition coefficient (Wildman–Crippen LogP) is 2.25. The van der Waals surface area contributed by atoms with Crippen molar-refractivity contribution >= 4 is 10.8 Å². The van der Waals surface area contributed by atoms with Crippen molar-refractivity contribution in [3.05, 3.63) is 63.7 Å². The molecule has 0 spiro atoms. The van der Waals surface area contributed by atoms with Crippen LogP contribution in [0.5, 0.6) is 0 Å². The molecule has 0 unspecified atom stereocenters. The van der Waals surface area contributed by atoms with Crippen LogP contribution in [0.1, 0.15) is 17.0 Å². The van der Waals surface area contributed by atoms with Crippen LogP contribution in [0.2, 0.25) is 0 Å². The summed E-state index contributed by atoms with van der Waals surface area (Å²) in [4.78, 5) is 12.5. The van der Waals surface area contributed by atoms with E-state index in [1.54, 1.807) is 16.8 Å². The Kier molecular flexibility index (Phi) is 3.04. The first-order chi connectivity index (χ1) is 10.7. The topological polar surface area (TPSA) is 57.3 Å². The van der Waals surface area contributed by atoms with Crippen LogP contribution in [-0.4, -0.2) is 16.3 Å². The van der Waals surface area contributed by atoms with E-state index in [0.29, 0.717) is 42.6 Å². The zero-order valence-electron chi connectivity index (χ0n) is 11.7. The monoisotopic (exact) mass is 300 g/mol. The van der Waals surface area contributed by atoms with Gasteiger partial charge in [-0.1, -0.05) is 5.16 Å². The van der Waals surface area contributed by atoms with Crippen LogP contribution in [0.25, 0.3) is 10.8 Å². The number of nitrogens with zero attached hydrogens (tertiary/aromatic N) is 2. The number of halogens is 1. The van der Waals surface area contributed by atoms with Crippen molar-refractivity contribution in [3.63, 3.8) is 0 Å². The van der Waals surface area contributed by atoms with Gasteiger partial charge in [-0.2, -0.15) is 0 Å². The van der Waals surface area contributed by atoms with Gasteiger partial charge in [0.25, 0.3) is 5.56 Å². The number of benzene rings is 1. The minimum absolute atomic E-state index is 0.175. The standard InChI is InChI=1S/C16H13FN2O3/c17-11-1-2-12-10(7-11)3-5-19(16(12)20)8-14-13-9-21-6-4-15(13)22-18-14/h1-3,5,7H,4,6,8-9H2. The molecular weight excluding hydrogens is 287 g/mol. The average molecular weight is 300 g/mol. The Morgan fingerprint density at radius 3 is 3.14 bits per heavy atom. The molecule has 0 fully saturated rings. The molecule has 0 aliphatic carbocycles. The smallest absolute Gasteiger partial charge is 0.258 e. The van der Waals surface area contributed by atoms with Crippen molar-refractivity contribution in [2.24, 2.45) is 0 Å². The van der Waals surface area contributed by atoms with Crippen LogP contribution in [0.4, 0.5) is 4.39 Å². The van der Waals surface area contributed by atoms with E-state index >= 15 is 0 Å². The quantitative estimate of drug-likeness (QED) is 0.728. The highest BCUT2D eigenvalue weighted by Crippen LogP contribution is 2.21. The Labute approximate surface area is 124 Å². The maximum atomic E-state index is 13.2. The molecule has 3 aromatic rings. The highest BCUT2D eigenvalue weighted by Gasteiger charge is 2.20. The first-order valence-corrected chi connectivity index (χ1v) is 7.05. The summed E-state index contributed by atoms with van der Waals surface area (Å²) >= 11 is 0. The second-order valence-corrected chi connectivity index (χ2v) is 5.31. The zero-order valence-corrected chi connectivity index (χ0v) is 11.7. The number of pyridine rings is 1. The van der Waals surface area contributed by atoms with Crippen molar-refractivity contribution in [1.82, 2.24) is 9.72 Å². The van der Waals surface area contributed by atoms with Crippen molar-refractivity contribution in [2.75, 3.05) is 6.61 Å². The molecule has 2 aromatic heterocycles. The number of hydrogen-bond donors (Lipinski definition) is 0. The molecule has 0 saturated heterocycles.